The molecule has 0 saturated carbocycles. The lowest BCUT2D eigenvalue weighted by atomic mass is 9.88. The van der Waals surface area contributed by atoms with E-state index in [0.717, 1.165) is 16.6 Å². The van der Waals surface area contributed by atoms with E-state index in [1.807, 2.05) is 0 Å². The summed E-state index contributed by atoms with van der Waals surface area (Å²) in [7, 11) is 0. The zero-order chi connectivity index (χ0) is 20.2. The Morgan fingerprint density at radius 3 is 2.07 bits per heavy atom. The predicted molar refractivity (Wildman–Crippen MR) is 130 cm³/mol. The number of hydrogen-bond acceptors (Lipinski definition) is 1. The molecule has 0 saturated heterocycles. The Balaban J connectivity index is 1.67. The Morgan fingerprint density at radius 1 is 0.533 bits per heavy atom. The van der Waals surface area contributed by atoms with Gasteiger partial charge < -0.3 is 5.73 Å². The molecule has 0 spiro atoms. The van der Waals surface area contributed by atoms with Gasteiger partial charge in [-0.3, -0.25) is 0 Å². The molecule has 0 radical (unpaired) electrons. The van der Waals surface area contributed by atoms with Crippen molar-refractivity contribution < 1.29 is 0 Å². The van der Waals surface area contributed by atoms with Crippen molar-refractivity contribution in [1.82, 2.24) is 0 Å². The van der Waals surface area contributed by atoms with Crippen LogP contribution < -0.4 is 5.73 Å². The number of aryl methyl sites for hydroxylation is 1. The van der Waals surface area contributed by atoms with Gasteiger partial charge in [0.25, 0.3) is 0 Å². The maximum atomic E-state index is 6.82. The minimum absolute atomic E-state index is 0.856. The molecule has 0 aliphatic heterocycles. The summed E-state index contributed by atoms with van der Waals surface area (Å²) < 4.78 is 0. The van der Waals surface area contributed by atoms with Crippen LogP contribution in [0.1, 0.15) is 5.56 Å². The second-order valence-electron chi connectivity index (χ2n) is 8.09. The average Bonchev–Trinajstić information content (AvgIpc) is 2.79. The molecule has 6 rings (SSSR count). The van der Waals surface area contributed by atoms with E-state index >= 15 is 0 Å². The highest BCUT2D eigenvalue weighted by Gasteiger charge is 2.15. The fourth-order valence-electron chi connectivity index (χ4n) is 4.78. The smallest absolute Gasteiger partial charge is 0.0474 e. The van der Waals surface area contributed by atoms with Gasteiger partial charge in [-0.25, -0.2) is 0 Å². The molecule has 6 aromatic carbocycles. The molecule has 1 heteroatoms. The number of nitrogen functional groups attached to an aromatic ring is 1. The second kappa shape index (κ2) is 6.33. The Bertz CT molecular complexity index is 1530. The van der Waals surface area contributed by atoms with Gasteiger partial charge in [0.05, 0.1) is 0 Å². The fourth-order valence-corrected chi connectivity index (χ4v) is 4.78. The summed E-state index contributed by atoms with van der Waals surface area (Å²) in [4.78, 5) is 0. The van der Waals surface area contributed by atoms with Crippen molar-refractivity contribution in [3.8, 4) is 22.3 Å². The predicted octanol–water partition coefficient (Wildman–Crippen LogP) is 7.81. The summed E-state index contributed by atoms with van der Waals surface area (Å²) in [5, 5.41) is 7.48. The minimum Gasteiger partial charge on any atom is -0.398 e. The van der Waals surface area contributed by atoms with Crippen LogP contribution in [0.4, 0.5) is 5.69 Å². The van der Waals surface area contributed by atoms with E-state index in [1.165, 1.54) is 49.2 Å². The van der Waals surface area contributed by atoms with Gasteiger partial charge in [-0.15, -0.1) is 0 Å². The summed E-state index contributed by atoms with van der Waals surface area (Å²) in [6, 6.07) is 34.7. The molecule has 0 aliphatic carbocycles. The van der Waals surface area contributed by atoms with Gasteiger partial charge in [0.2, 0.25) is 0 Å². The Labute approximate surface area is 175 Å². The first-order valence-corrected chi connectivity index (χ1v) is 10.3. The molecule has 0 atom stereocenters. The molecule has 6 aromatic rings. The first-order chi connectivity index (χ1) is 14.7. The molecule has 0 unspecified atom stereocenters. The van der Waals surface area contributed by atoms with Crippen molar-refractivity contribution in [2.45, 2.75) is 6.92 Å². The molecule has 0 amide bonds. The van der Waals surface area contributed by atoms with E-state index in [9.17, 15) is 0 Å². The van der Waals surface area contributed by atoms with E-state index in [2.05, 4.69) is 104 Å². The van der Waals surface area contributed by atoms with E-state index in [-0.39, 0.29) is 0 Å². The second-order valence-corrected chi connectivity index (χ2v) is 8.09. The molecule has 2 N–H and O–H groups in total. The summed E-state index contributed by atoms with van der Waals surface area (Å²) >= 11 is 0. The molecular weight excluding hydrogens is 362 g/mol. The van der Waals surface area contributed by atoms with Gasteiger partial charge in [0.1, 0.15) is 0 Å². The Hall–Kier alpha value is -3.84. The SMILES string of the molecule is Cc1ccc(-c2ccccc2)cc1-c1cc2ccc3cccc4ccc(c1N)c2c34. The van der Waals surface area contributed by atoms with Gasteiger partial charge in [-0.1, -0.05) is 84.9 Å². The number of hydrogen-bond donors (Lipinski definition) is 1. The zero-order valence-electron chi connectivity index (χ0n) is 16.8. The number of rotatable bonds is 2. The molecule has 1 nitrogen and oxygen atoms in total. The molecule has 0 aromatic heterocycles. The van der Waals surface area contributed by atoms with Gasteiger partial charge >= 0.3 is 0 Å². The standard InChI is InChI=1S/C29H21N/c1-18-10-11-22(19-6-3-2-4-7-19)16-25(18)26-17-23-13-12-20-8-5-9-21-14-15-24(29(26)30)28(23)27(20)21/h2-17H,30H2,1H3. The van der Waals surface area contributed by atoms with Crippen LogP contribution in [-0.4, -0.2) is 0 Å². The van der Waals surface area contributed by atoms with Crippen molar-refractivity contribution in [3.05, 3.63) is 103 Å². The first-order valence-electron chi connectivity index (χ1n) is 10.3. The maximum absolute atomic E-state index is 6.82. The largest absolute Gasteiger partial charge is 0.398 e. The van der Waals surface area contributed by atoms with Crippen molar-refractivity contribution in [3.63, 3.8) is 0 Å². The molecule has 0 heterocycles. The third-order valence-electron chi connectivity index (χ3n) is 6.32. The summed E-state index contributed by atoms with van der Waals surface area (Å²) in [6.45, 7) is 2.16. The van der Waals surface area contributed by atoms with E-state index in [0.29, 0.717) is 0 Å². The van der Waals surface area contributed by atoms with Gasteiger partial charge in [0, 0.05) is 16.6 Å². The molecule has 142 valence electrons. The molecule has 0 fully saturated rings. The van der Waals surface area contributed by atoms with Crippen molar-refractivity contribution in [1.29, 1.82) is 0 Å². The quantitative estimate of drug-likeness (QED) is 0.239. The van der Waals surface area contributed by atoms with Gasteiger partial charge in [0.15, 0.2) is 0 Å². The van der Waals surface area contributed by atoms with Gasteiger partial charge in [-0.05, 0) is 68.2 Å². The third kappa shape index (κ3) is 2.42. The van der Waals surface area contributed by atoms with Crippen LogP contribution in [0.2, 0.25) is 0 Å². The van der Waals surface area contributed by atoms with Crippen LogP contribution in [0.5, 0.6) is 0 Å². The van der Waals surface area contributed by atoms with Crippen LogP contribution in [0.25, 0.3) is 54.6 Å². The highest BCUT2D eigenvalue weighted by Crippen LogP contribution is 2.42. The Kier molecular flexibility index (Phi) is 3.60. The maximum Gasteiger partial charge on any atom is 0.0474 e. The van der Waals surface area contributed by atoms with Crippen LogP contribution in [-0.2, 0) is 0 Å². The van der Waals surface area contributed by atoms with Crippen molar-refractivity contribution in [2.75, 3.05) is 5.73 Å². The number of benzene rings is 6. The Morgan fingerprint density at radius 2 is 1.27 bits per heavy atom. The fraction of sp³-hybridized carbons (Fsp3) is 0.0345. The minimum atomic E-state index is 0.856. The topological polar surface area (TPSA) is 26.0 Å². The lowest BCUT2D eigenvalue weighted by molar-refractivity contribution is 1.46. The number of anilines is 1. The third-order valence-corrected chi connectivity index (χ3v) is 6.32. The highest BCUT2D eigenvalue weighted by molar-refractivity contribution is 6.26. The lowest BCUT2D eigenvalue weighted by Gasteiger charge is -2.17. The summed E-state index contributed by atoms with van der Waals surface area (Å²) in [5.41, 5.74) is 13.6. The molecule has 0 aliphatic rings. The van der Waals surface area contributed by atoms with Crippen LogP contribution in [0, 0.1) is 6.92 Å². The summed E-state index contributed by atoms with van der Waals surface area (Å²) in [6.07, 6.45) is 0. The van der Waals surface area contributed by atoms with E-state index in [4.69, 9.17) is 5.73 Å². The molecular formula is C29H21N. The normalized spacial score (nSPS) is 11.6. The van der Waals surface area contributed by atoms with Crippen molar-refractivity contribution >= 4 is 38.0 Å². The molecule has 30 heavy (non-hydrogen) atoms. The first kappa shape index (κ1) is 17.1. The lowest BCUT2D eigenvalue weighted by Crippen LogP contribution is -1.96. The zero-order valence-corrected chi connectivity index (χ0v) is 16.8. The van der Waals surface area contributed by atoms with Gasteiger partial charge in [-0.2, -0.15) is 0 Å². The van der Waals surface area contributed by atoms with E-state index < -0.39 is 0 Å². The van der Waals surface area contributed by atoms with Crippen molar-refractivity contribution in [2.24, 2.45) is 0 Å². The monoisotopic (exact) mass is 383 g/mol. The highest BCUT2D eigenvalue weighted by atomic mass is 14.6. The number of nitrogens with two attached hydrogens (primary N) is 1. The van der Waals surface area contributed by atoms with Crippen LogP contribution >= 0.6 is 0 Å². The average molecular weight is 383 g/mol. The molecule has 0 bridgehead atoms. The van der Waals surface area contributed by atoms with Crippen LogP contribution in [0.3, 0.4) is 0 Å². The van der Waals surface area contributed by atoms with Crippen LogP contribution in [0.15, 0.2) is 97.1 Å². The summed E-state index contributed by atoms with van der Waals surface area (Å²) in [5.74, 6) is 0. The van der Waals surface area contributed by atoms with E-state index in [1.54, 1.807) is 0 Å².